The topological polar surface area (TPSA) is 52.3 Å². The van der Waals surface area contributed by atoms with Gasteiger partial charge in [-0.2, -0.15) is 0 Å². The second kappa shape index (κ2) is 6.53. The normalized spacial score (nSPS) is 11.8. The van der Waals surface area contributed by atoms with Gasteiger partial charge in [0.25, 0.3) is 0 Å². The van der Waals surface area contributed by atoms with Crippen LogP contribution in [0, 0.1) is 0 Å². The first-order chi connectivity index (χ1) is 8.11. The molecular formula is C14H17NO2. The molecule has 0 heterocycles. The minimum absolute atomic E-state index is 0.322. The molecule has 3 nitrogen and oxygen atoms in total. The lowest BCUT2D eigenvalue weighted by molar-refractivity contribution is -0.137. The van der Waals surface area contributed by atoms with E-state index in [4.69, 9.17) is 10.5 Å². The zero-order chi connectivity index (χ0) is 12.7. The smallest absolute Gasteiger partial charge is 0.330 e. The molecule has 0 aliphatic carbocycles. The van der Waals surface area contributed by atoms with Crippen LogP contribution >= 0.6 is 0 Å². The molecule has 2 N–H and O–H groups in total. The van der Waals surface area contributed by atoms with Gasteiger partial charge in [0, 0.05) is 11.8 Å². The molecule has 0 saturated heterocycles. The van der Waals surface area contributed by atoms with Crippen molar-refractivity contribution < 1.29 is 9.53 Å². The van der Waals surface area contributed by atoms with Gasteiger partial charge in [-0.3, -0.25) is 0 Å². The number of anilines is 1. The molecule has 1 aromatic carbocycles. The van der Waals surface area contributed by atoms with E-state index in [0.717, 1.165) is 16.8 Å². The van der Waals surface area contributed by atoms with Crippen LogP contribution in [0.5, 0.6) is 0 Å². The summed E-state index contributed by atoms with van der Waals surface area (Å²) in [5.41, 5.74) is 8.35. The highest BCUT2D eigenvalue weighted by Gasteiger charge is 1.93. The van der Waals surface area contributed by atoms with Crippen molar-refractivity contribution in [2.75, 3.05) is 12.3 Å². The minimum atomic E-state index is -0.322. The zero-order valence-corrected chi connectivity index (χ0v) is 10.1. The summed E-state index contributed by atoms with van der Waals surface area (Å²) >= 11 is 0. The highest BCUT2D eigenvalue weighted by Crippen LogP contribution is 2.10. The molecule has 3 heteroatoms. The number of rotatable bonds is 4. The highest BCUT2D eigenvalue weighted by molar-refractivity contribution is 5.82. The number of carbonyl (C=O) groups excluding carboxylic acids is 1. The number of benzene rings is 1. The standard InChI is InChI=1S/C14H17NO2/c1-3-17-14(16)9-4-11(2)10-12-5-7-13(15)8-6-12/h4-10H,3,15H2,1-2H3. The predicted molar refractivity (Wildman–Crippen MR) is 70.3 cm³/mol. The maximum atomic E-state index is 11.1. The molecule has 0 fully saturated rings. The van der Waals surface area contributed by atoms with Crippen LogP contribution in [0.1, 0.15) is 19.4 Å². The van der Waals surface area contributed by atoms with Gasteiger partial charge in [-0.15, -0.1) is 0 Å². The van der Waals surface area contributed by atoms with Crippen LogP contribution in [0.25, 0.3) is 6.08 Å². The molecule has 0 amide bonds. The first kappa shape index (κ1) is 13.0. The summed E-state index contributed by atoms with van der Waals surface area (Å²) in [5, 5.41) is 0. The minimum Gasteiger partial charge on any atom is -0.463 e. The average molecular weight is 231 g/mol. The van der Waals surface area contributed by atoms with Crippen LogP contribution in [0.4, 0.5) is 5.69 Å². The number of esters is 1. The van der Waals surface area contributed by atoms with Crippen molar-refractivity contribution in [2.24, 2.45) is 0 Å². The predicted octanol–water partition coefficient (Wildman–Crippen LogP) is 2.79. The molecule has 1 aromatic rings. The molecule has 17 heavy (non-hydrogen) atoms. The van der Waals surface area contributed by atoms with Gasteiger partial charge in [0.2, 0.25) is 0 Å². The van der Waals surface area contributed by atoms with E-state index in [2.05, 4.69) is 0 Å². The van der Waals surface area contributed by atoms with Gasteiger partial charge in [0.1, 0.15) is 0 Å². The molecule has 0 aromatic heterocycles. The number of nitrogens with two attached hydrogens (primary N) is 1. The number of hydrogen-bond donors (Lipinski definition) is 1. The summed E-state index contributed by atoms with van der Waals surface area (Å²) in [4.78, 5) is 11.1. The Balaban J connectivity index is 2.66. The van der Waals surface area contributed by atoms with Gasteiger partial charge in [-0.05, 0) is 31.5 Å². The summed E-state index contributed by atoms with van der Waals surface area (Å²) in [6.45, 7) is 4.10. The van der Waals surface area contributed by atoms with Crippen molar-refractivity contribution in [1.29, 1.82) is 0 Å². The fraction of sp³-hybridized carbons (Fsp3) is 0.214. The number of allylic oxidation sites excluding steroid dienone is 2. The number of ether oxygens (including phenoxy) is 1. The van der Waals surface area contributed by atoms with Crippen molar-refractivity contribution in [1.82, 2.24) is 0 Å². The Morgan fingerprint density at radius 2 is 1.94 bits per heavy atom. The van der Waals surface area contributed by atoms with E-state index < -0.39 is 0 Å². The van der Waals surface area contributed by atoms with E-state index in [1.165, 1.54) is 6.08 Å². The molecule has 0 aliphatic heterocycles. The summed E-state index contributed by atoms with van der Waals surface area (Å²) in [7, 11) is 0. The zero-order valence-electron chi connectivity index (χ0n) is 10.1. The number of nitrogen functional groups attached to an aromatic ring is 1. The average Bonchev–Trinajstić information content (AvgIpc) is 2.30. The van der Waals surface area contributed by atoms with Gasteiger partial charge in [0.15, 0.2) is 0 Å². The third kappa shape index (κ3) is 5.02. The SMILES string of the molecule is CCOC(=O)C=CC(C)=Cc1ccc(N)cc1. The monoisotopic (exact) mass is 231 g/mol. The number of carbonyl (C=O) groups is 1. The van der Waals surface area contributed by atoms with Gasteiger partial charge >= 0.3 is 5.97 Å². The summed E-state index contributed by atoms with van der Waals surface area (Å²) < 4.78 is 4.79. The van der Waals surface area contributed by atoms with E-state index in [0.29, 0.717) is 6.61 Å². The molecule has 0 atom stereocenters. The van der Waals surface area contributed by atoms with Crippen molar-refractivity contribution >= 4 is 17.7 Å². The highest BCUT2D eigenvalue weighted by atomic mass is 16.5. The molecule has 0 unspecified atom stereocenters. The van der Waals surface area contributed by atoms with Crippen molar-refractivity contribution in [3.05, 3.63) is 47.6 Å². The Bertz CT molecular complexity index is 430. The van der Waals surface area contributed by atoms with Gasteiger partial charge in [-0.1, -0.05) is 29.9 Å². The molecule has 0 saturated carbocycles. The van der Waals surface area contributed by atoms with Gasteiger partial charge < -0.3 is 10.5 Å². The summed E-state index contributed by atoms with van der Waals surface area (Å²) in [6, 6.07) is 7.54. The molecule has 0 aliphatic rings. The fourth-order valence-corrected chi connectivity index (χ4v) is 1.29. The molecule has 1 rings (SSSR count). The first-order valence-electron chi connectivity index (χ1n) is 5.50. The van der Waals surface area contributed by atoms with Crippen LogP contribution in [0.2, 0.25) is 0 Å². The van der Waals surface area contributed by atoms with Gasteiger partial charge in [0.05, 0.1) is 6.61 Å². The van der Waals surface area contributed by atoms with Crippen molar-refractivity contribution in [3.63, 3.8) is 0 Å². The second-order valence-electron chi connectivity index (χ2n) is 3.64. The van der Waals surface area contributed by atoms with Crippen molar-refractivity contribution in [3.8, 4) is 0 Å². The Hall–Kier alpha value is -2.03. The van der Waals surface area contributed by atoms with E-state index >= 15 is 0 Å². The number of hydrogen-bond acceptors (Lipinski definition) is 3. The molecule has 90 valence electrons. The molecule has 0 radical (unpaired) electrons. The van der Waals surface area contributed by atoms with E-state index in [-0.39, 0.29) is 5.97 Å². The lowest BCUT2D eigenvalue weighted by Gasteiger charge is -1.97. The van der Waals surface area contributed by atoms with Crippen LogP contribution in [0.15, 0.2) is 42.0 Å². The quantitative estimate of drug-likeness (QED) is 0.375. The summed E-state index contributed by atoms with van der Waals surface area (Å²) in [6.07, 6.45) is 5.12. The van der Waals surface area contributed by atoms with Crippen molar-refractivity contribution in [2.45, 2.75) is 13.8 Å². The summed E-state index contributed by atoms with van der Waals surface area (Å²) in [5.74, 6) is -0.322. The molecular weight excluding hydrogens is 214 g/mol. The third-order valence-electron chi connectivity index (χ3n) is 2.10. The Morgan fingerprint density at radius 1 is 1.29 bits per heavy atom. The maximum Gasteiger partial charge on any atom is 0.330 e. The Kier molecular flexibility index (Phi) is 5.01. The van der Waals surface area contributed by atoms with E-state index in [1.54, 1.807) is 13.0 Å². The fourth-order valence-electron chi connectivity index (χ4n) is 1.29. The van der Waals surface area contributed by atoms with Crippen LogP contribution in [-0.2, 0) is 9.53 Å². The lowest BCUT2D eigenvalue weighted by atomic mass is 10.1. The van der Waals surface area contributed by atoms with E-state index in [1.807, 2.05) is 37.3 Å². The van der Waals surface area contributed by atoms with Gasteiger partial charge in [-0.25, -0.2) is 4.79 Å². The Morgan fingerprint density at radius 3 is 2.53 bits per heavy atom. The van der Waals surface area contributed by atoms with Crippen LogP contribution in [0.3, 0.4) is 0 Å². The van der Waals surface area contributed by atoms with E-state index in [9.17, 15) is 4.79 Å². The van der Waals surface area contributed by atoms with Crippen LogP contribution < -0.4 is 5.73 Å². The third-order valence-corrected chi connectivity index (χ3v) is 2.10. The first-order valence-corrected chi connectivity index (χ1v) is 5.50. The Labute approximate surface area is 102 Å². The lowest BCUT2D eigenvalue weighted by Crippen LogP contribution is -1.98. The largest absolute Gasteiger partial charge is 0.463 e. The maximum absolute atomic E-state index is 11.1. The van der Waals surface area contributed by atoms with Crippen LogP contribution in [-0.4, -0.2) is 12.6 Å². The second-order valence-corrected chi connectivity index (χ2v) is 3.64. The molecule has 0 spiro atoms. The molecule has 0 bridgehead atoms.